The van der Waals surface area contributed by atoms with Crippen LogP contribution in [0, 0.1) is 28.9 Å². The summed E-state index contributed by atoms with van der Waals surface area (Å²) in [6.45, 7) is 1.59. The van der Waals surface area contributed by atoms with Gasteiger partial charge in [0.15, 0.2) is 11.6 Å². The number of rotatable bonds is 6. The highest BCUT2D eigenvalue weighted by atomic mass is 19.2. The fourth-order valence-electron chi connectivity index (χ4n) is 1.73. The van der Waals surface area contributed by atoms with Gasteiger partial charge in [0.2, 0.25) is 11.8 Å². The zero-order chi connectivity index (χ0) is 16.0. The van der Waals surface area contributed by atoms with Crippen LogP contribution in [0.4, 0.5) is 8.78 Å². The lowest BCUT2D eigenvalue weighted by molar-refractivity contribution is -0.127. The number of carbonyl (C=O) groups is 2. The third-order valence-corrected chi connectivity index (χ3v) is 2.84. The number of primary amides is 1. The summed E-state index contributed by atoms with van der Waals surface area (Å²) in [5.41, 5.74) is 5.42. The highest BCUT2D eigenvalue weighted by molar-refractivity contribution is 5.87. The number of benzene rings is 1. The second-order valence-electron chi connectivity index (χ2n) is 4.71. The van der Waals surface area contributed by atoms with Crippen molar-refractivity contribution in [3.63, 3.8) is 0 Å². The first-order chi connectivity index (χ1) is 9.83. The largest absolute Gasteiger partial charge is 0.368 e. The molecule has 0 aliphatic carbocycles. The molecule has 0 saturated carbocycles. The van der Waals surface area contributed by atoms with Gasteiger partial charge in [0.05, 0.1) is 12.5 Å². The summed E-state index contributed by atoms with van der Waals surface area (Å²) >= 11 is 0. The van der Waals surface area contributed by atoms with Gasteiger partial charge < -0.3 is 11.1 Å². The van der Waals surface area contributed by atoms with Gasteiger partial charge in [-0.2, -0.15) is 5.26 Å². The Morgan fingerprint density at radius 2 is 2.05 bits per heavy atom. The van der Waals surface area contributed by atoms with E-state index in [2.05, 4.69) is 5.32 Å². The maximum atomic E-state index is 13.0. The number of nitrogens with one attached hydrogen (secondary N) is 1. The van der Waals surface area contributed by atoms with Crippen molar-refractivity contribution < 1.29 is 18.4 Å². The van der Waals surface area contributed by atoms with Gasteiger partial charge in [-0.15, -0.1) is 0 Å². The number of nitrogens with two attached hydrogens (primary N) is 1. The first-order valence-electron chi connectivity index (χ1n) is 6.25. The Balaban J connectivity index is 2.67. The molecule has 0 aliphatic heterocycles. The Hall–Kier alpha value is -2.49. The predicted octanol–water partition coefficient (Wildman–Crippen LogP) is 1.03. The number of nitriles is 1. The van der Waals surface area contributed by atoms with E-state index in [0.29, 0.717) is 0 Å². The standard InChI is InChI=1S/C14H15F2N3O2/c1-8(7-17)4-12(14(18)21)19-13(20)6-9-2-3-10(15)11(16)5-9/h2-3,5,8,12H,4,6H2,1H3,(H2,18,21)(H,19,20)/t8-,12+/m0/s1. The van der Waals surface area contributed by atoms with E-state index in [1.165, 1.54) is 6.07 Å². The molecule has 0 aliphatic rings. The Kier molecular flexibility index (Phi) is 5.79. The number of halogens is 2. The normalized spacial score (nSPS) is 13.0. The molecule has 1 aromatic rings. The van der Waals surface area contributed by atoms with Crippen LogP contribution >= 0.6 is 0 Å². The summed E-state index contributed by atoms with van der Waals surface area (Å²) in [7, 11) is 0. The van der Waals surface area contributed by atoms with E-state index in [9.17, 15) is 18.4 Å². The van der Waals surface area contributed by atoms with Crippen molar-refractivity contribution in [2.45, 2.75) is 25.8 Å². The maximum Gasteiger partial charge on any atom is 0.240 e. The van der Waals surface area contributed by atoms with Crippen molar-refractivity contribution in [2.75, 3.05) is 0 Å². The highest BCUT2D eigenvalue weighted by Gasteiger charge is 2.21. The van der Waals surface area contributed by atoms with Crippen molar-refractivity contribution in [3.8, 4) is 6.07 Å². The molecule has 0 saturated heterocycles. The zero-order valence-electron chi connectivity index (χ0n) is 11.4. The first-order valence-corrected chi connectivity index (χ1v) is 6.25. The molecule has 0 aromatic heterocycles. The maximum absolute atomic E-state index is 13.0. The average molecular weight is 295 g/mol. The third kappa shape index (κ3) is 5.18. The van der Waals surface area contributed by atoms with Gasteiger partial charge >= 0.3 is 0 Å². The molecule has 0 heterocycles. The lowest BCUT2D eigenvalue weighted by Crippen LogP contribution is -2.45. The molecule has 1 aromatic carbocycles. The van der Waals surface area contributed by atoms with Crippen LogP contribution in [-0.2, 0) is 16.0 Å². The van der Waals surface area contributed by atoms with Crippen LogP contribution in [-0.4, -0.2) is 17.9 Å². The molecule has 112 valence electrons. The molecular formula is C14H15F2N3O2. The Bertz CT molecular complexity index is 584. The quantitative estimate of drug-likeness (QED) is 0.820. The number of amides is 2. The van der Waals surface area contributed by atoms with Gasteiger partial charge in [0, 0.05) is 5.92 Å². The highest BCUT2D eigenvalue weighted by Crippen LogP contribution is 2.10. The first kappa shape index (κ1) is 16.6. The Labute approximate surface area is 120 Å². The van der Waals surface area contributed by atoms with Crippen LogP contribution in [0.5, 0.6) is 0 Å². The van der Waals surface area contributed by atoms with E-state index in [1.807, 2.05) is 6.07 Å². The van der Waals surface area contributed by atoms with Crippen LogP contribution < -0.4 is 11.1 Å². The minimum Gasteiger partial charge on any atom is -0.368 e. The molecule has 7 heteroatoms. The topological polar surface area (TPSA) is 96.0 Å². The molecule has 0 fully saturated rings. The second kappa shape index (κ2) is 7.33. The van der Waals surface area contributed by atoms with Crippen molar-refractivity contribution in [2.24, 2.45) is 11.7 Å². The van der Waals surface area contributed by atoms with Gasteiger partial charge in [-0.3, -0.25) is 9.59 Å². The van der Waals surface area contributed by atoms with Crippen LogP contribution in [0.1, 0.15) is 18.9 Å². The smallest absolute Gasteiger partial charge is 0.240 e. The minimum absolute atomic E-state index is 0.0926. The van der Waals surface area contributed by atoms with Gasteiger partial charge in [0.1, 0.15) is 6.04 Å². The SMILES string of the molecule is C[C@H](C#N)C[C@@H](NC(=O)Cc1ccc(F)c(F)c1)C(N)=O. The Morgan fingerprint density at radius 3 is 2.57 bits per heavy atom. The summed E-state index contributed by atoms with van der Waals surface area (Å²) in [6, 6.07) is 4.06. The summed E-state index contributed by atoms with van der Waals surface area (Å²) in [4.78, 5) is 23.0. The van der Waals surface area contributed by atoms with Gasteiger partial charge in [-0.25, -0.2) is 8.78 Å². The molecule has 0 radical (unpaired) electrons. The van der Waals surface area contributed by atoms with E-state index < -0.39 is 35.4 Å². The van der Waals surface area contributed by atoms with E-state index in [4.69, 9.17) is 11.0 Å². The van der Waals surface area contributed by atoms with Gasteiger partial charge in [0.25, 0.3) is 0 Å². The van der Waals surface area contributed by atoms with Gasteiger partial charge in [-0.05, 0) is 31.0 Å². The fourth-order valence-corrected chi connectivity index (χ4v) is 1.73. The zero-order valence-corrected chi connectivity index (χ0v) is 11.4. The van der Waals surface area contributed by atoms with Crippen molar-refractivity contribution in [1.82, 2.24) is 5.32 Å². The molecular weight excluding hydrogens is 280 g/mol. The van der Waals surface area contributed by atoms with Crippen molar-refractivity contribution >= 4 is 11.8 Å². The molecule has 0 spiro atoms. The number of carbonyl (C=O) groups excluding carboxylic acids is 2. The summed E-state index contributed by atoms with van der Waals surface area (Å²) in [5.74, 6) is -3.82. The number of hydrogen-bond acceptors (Lipinski definition) is 3. The molecule has 5 nitrogen and oxygen atoms in total. The molecule has 0 bridgehead atoms. The summed E-state index contributed by atoms with van der Waals surface area (Å²) < 4.78 is 25.8. The minimum atomic E-state index is -1.05. The van der Waals surface area contributed by atoms with Crippen LogP contribution in [0.3, 0.4) is 0 Å². The lowest BCUT2D eigenvalue weighted by atomic mass is 10.0. The summed E-state index contributed by atoms with van der Waals surface area (Å²) in [5, 5.41) is 11.1. The van der Waals surface area contributed by atoms with E-state index in [1.54, 1.807) is 6.92 Å². The Morgan fingerprint density at radius 1 is 1.38 bits per heavy atom. The average Bonchev–Trinajstić information content (AvgIpc) is 2.41. The molecule has 21 heavy (non-hydrogen) atoms. The predicted molar refractivity (Wildman–Crippen MR) is 70.6 cm³/mol. The second-order valence-corrected chi connectivity index (χ2v) is 4.71. The van der Waals surface area contributed by atoms with Gasteiger partial charge in [-0.1, -0.05) is 6.07 Å². The van der Waals surface area contributed by atoms with Crippen molar-refractivity contribution in [3.05, 3.63) is 35.4 Å². The molecule has 0 unspecified atom stereocenters. The van der Waals surface area contributed by atoms with E-state index in [0.717, 1.165) is 12.1 Å². The molecule has 3 N–H and O–H groups in total. The van der Waals surface area contributed by atoms with E-state index >= 15 is 0 Å². The summed E-state index contributed by atoms with van der Waals surface area (Å²) in [6.07, 6.45) is -0.128. The molecule has 2 amide bonds. The fraction of sp³-hybridized carbons (Fsp3) is 0.357. The van der Waals surface area contributed by atoms with Crippen molar-refractivity contribution in [1.29, 1.82) is 5.26 Å². The lowest BCUT2D eigenvalue weighted by Gasteiger charge is -2.16. The molecule has 2 atom stereocenters. The monoisotopic (exact) mass is 295 g/mol. The third-order valence-electron chi connectivity index (χ3n) is 2.84. The number of hydrogen-bond donors (Lipinski definition) is 2. The van der Waals surface area contributed by atoms with E-state index in [-0.39, 0.29) is 18.4 Å². The number of nitrogens with zero attached hydrogens (tertiary/aromatic N) is 1. The van der Waals surface area contributed by atoms with Crippen LogP contribution in [0.25, 0.3) is 0 Å². The van der Waals surface area contributed by atoms with Crippen LogP contribution in [0.2, 0.25) is 0 Å². The molecule has 1 rings (SSSR count). The van der Waals surface area contributed by atoms with Crippen LogP contribution in [0.15, 0.2) is 18.2 Å².